The topological polar surface area (TPSA) is 89.4 Å². The monoisotopic (exact) mass is 451 g/mol. The molecular formula is C21H24F3N5O3. The Morgan fingerprint density at radius 3 is 2.78 bits per heavy atom. The van der Waals surface area contributed by atoms with Gasteiger partial charge in [-0.05, 0) is 18.1 Å². The number of fused-ring (bicyclic) bond motifs is 1. The lowest BCUT2D eigenvalue weighted by atomic mass is 10.1. The fourth-order valence-corrected chi connectivity index (χ4v) is 3.96. The molecule has 0 radical (unpaired) electrons. The van der Waals surface area contributed by atoms with Gasteiger partial charge in [0.05, 0.1) is 31.1 Å². The Balaban J connectivity index is 1.35. The maximum atomic E-state index is 12.9. The van der Waals surface area contributed by atoms with Gasteiger partial charge in [-0.1, -0.05) is 18.2 Å². The summed E-state index contributed by atoms with van der Waals surface area (Å²) >= 11 is 0. The van der Waals surface area contributed by atoms with Gasteiger partial charge in [-0.3, -0.25) is 9.59 Å². The minimum absolute atomic E-state index is 0.0774. The zero-order valence-corrected chi connectivity index (χ0v) is 17.4. The van der Waals surface area contributed by atoms with E-state index in [-0.39, 0.29) is 30.7 Å². The van der Waals surface area contributed by atoms with Gasteiger partial charge >= 0.3 is 6.18 Å². The number of carbonyl (C=O) groups excluding carboxylic acids is 2. The minimum Gasteiger partial charge on any atom is -0.381 e. The van der Waals surface area contributed by atoms with Crippen molar-refractivity contribution in [1.29, 1.82) is 0 Å². The van der Waals surface area contributed by atoms with E-state index in [0.29, 0.717) is 62.9 Å². The highest BCUT2D eigenvalue weighted by Crippen LogP contribution is 2.29. The molecule has 1 atom stereocenters. The highest BCUT2D eigenvalue weighted by atomic mass is 19.4. The van der Waals surface area contributed by atoms with Crippen LogP contribution in [0.4, 0.5) is 13.2 Å². The van der Waals surface area contributed by atoms with Crippen LogP contribution in [0.25, 0.3) is 0 Å². The van der Waals surface area contributed by atoms with Crippen LogP contribution in [-0.4, -0.2) is 57.8 Å². The lowest BCUT2D eigenvalue weighted by Crippen LogP contribution is -2.35. The van der Waals surface area contributed by atoms with Gasteiger partial charge in [-0.15, -0.1) is 10.2 Å². The molecule has 1 fully saturated rings. The molecule has 0 aliphatic carbocycles. The summed E-state index contributed by atoms with van der Waals surface area (Å²) < 4.78 is 45.9. The van der Waals surface area contributed by atoms with E-state index in [0.717, 1.165) is 12.1 Å². The van der Waals surface area contributed by atoms with Crippen molar-refractivity contribution >= 4 is 11.8 Å². The molecule has 2 amide bonds. The largest absolute Gasteiger partial charge is 0.416 e. The van der Waals surface area contributed by atoms with Gasteiger partial charge in [0.25, 0.3) is 0 Å². The number of aromatic nitrogens is 3. The van der Waals surface area contributed by atoms with Crippen LogP contribution < -0.4 is 5.32 Å². The summed E-state index contributed by atoms with van der Waals surface area (Å²) in [5.41, 5.74) is -0.437. The van der Waals surface area contributed by atoms with Crippen molar-refractivity contribution in [2.45, 2.75) is 38.5 Å². The third-order valence-corrected chi connectivity index (χ3v) is 5.79. The molecule has 8 nitrogen and oxygen atoms in total. The molecule has 2 aromatic rings. The Morgan fingerprint density at radius 1 is 1.19 bits per heavy atom. The normalized spacial score (nSPS) is 18.8. The fraction of sp³-hybridized carbons (Fsp3) is 0.524. The molecule has 1 aromatic heterocycles. The highest BCUT2D eigenvalue weighted by molar-refractivity contribution is 5.79. The van der Waals surface area contributed by atoms with Crippen molar-refractivity contribution in [2.75, 3.05) is 26.3 Å². The minimum atomic E-state index is -4.44. The third-order valence-electron chi connectivity index (χ3n) is 5.79. The van der Waals surface area contributed by atoms with Gasteiger partial charge in [-0.25, -0.2) is 0 Å². The number of amides is 2. The second-order valence-corrected chi connectivity index (χ2v) is 7.97. The van der Waals surface area contributed by atoms with Crippen LogP contribution in [0.15, 0.2) is 24.3 Å². The van der Waals surface area contributed by atoms with E-state index in [9.17, 15) is 22.8 Å². The van der Waals surface area contributed by atoms with Crippen molar-refractivity contribution in [1.82, 2.24) is 25.0 Å². The third kappa shape index (κ3) is 5.09. The summed E-state index contributed by atoms with van der Waals surface area (Å²) in [5.74, 6) is 0.864. The molecule has 1 aromatic carbocycles. The first-order chi connectivity index (χ1) is 15.3. The molecule has 32 heavy (non-hydrogen) atoms. The highest BCUT2D eigenvalue weighted by Gasteiger charge is 2.31. The van der Waals surface area contributed by atoms with Crippen molar-refractivity contribution in [3.8, 4) is 0 Å². The quantitative estimate of drug-likeness (QED) is 0.746. The second kappa shape index (κ2) is 9.27. The average Bonchev–Trinajstić information content (AvgIpc) is 3.38. The van der Waals surface area contributed by atoms with Crippen molar-refractivity contribution < 1.29 is 27.5 Å². The summed E-state index contributed by atoms with van der Waals surface area (Å²) in [6, 6.07) is 4.84. The first-order valence-electron chi connectivity index (χ1n) is 10.5. The molecule has 2 aliphatic rings. The van der Waals surface area contributed by atoms with Gasteiger partial charge in [0.15, 0.2) is 5.82 Å². The Morgan fingerprint density at radius 2 is 2.03 bits per heavy atom. The number of alkyl halides is 3. The van der Waals surface area contributed by atoms with Gasteiger partial charge in [0.2, 0.25) is 11.8 Å². The zero-order valence-electron chi connectivity index (χ0n) is 17.4. The van der Waals surface area contributed by atoms with Gasteiger partial charge in [0, 0.05) is 32.7 Å². The van der Waals surface area contributed by atoms with Gasteiger partial charge in [-0.2, -0.15) is 13.2 Å². The molecular weight excluding hydrogens is 427 g/mol. The van der Waals surface area contributed by atoms with Crippen LogP contribution in [0.1, 0.15) is 29.2 Å². The van der Waals surface area contributed by atoms with Crippen LogP contribution in [0.2, 0.25) is 0 Å². The van der Waals surface area contributed by atoms with E-state index in [1.165, 1.54) is 12.1 Å². The lowest BCUT2D eigenvalue weighted by molar-refractivity contribution is -0.138. The van der Waals surface area contributed by atoms with E-state index in [1.54, 1.807) is 4.90 Å². The van der Waals surface area contributed by atoms with Crippen LogP contribution in [0.3, 0.4) is 0 Å². The molecule has 1 N–H and O–H groups in total. The Hall–Kier alpha value is -2.95. The van der Waals surface area contributed by atoms with Crippen molar-refractivity contribution in [3.63, 3.8) is 0 Å². The van der Waals surface area contributed by atoms with E-state index in [2.05, 4.69) is 15.5 Å². The lowest BCUT2D eigenvalue weighted by Gasteiger charge is -2.20. The summed E-state index contributed by atoms with van der Waals surface area (Å²) in [6.45, 7) is 2.49. The number of nitrogens with one attached hydrogen (secondary N) is 1. The Bertz CT molecular complexity index is 985. The van der Waals surface area contributed by atoms with E-state index < -0.39 is 11.7 Å². The molecule has 0 bridgehead atoms. The molecule has 0 spiro atoms. The van der Waals surface area contributed by atoms with Crippen LogP contribution in [0.5, 0.6) is 0 Å². The van der Waals surface area contributed by atoms with Crippen molar-refractivity contribution in [3.05, 3.63) is 47.0 Å². The molecule has 1 unspecified atom stereocenters. The number of nitrogens with zero attached hydrogens (tertiary/aromatic N) is 4. The maximum absolute atomic E-state index is 12.9. The van der Waals surface area contributed by atoms with E-state index in [1.807, 2.05) is 4.57 Å². The molecule has 0 saturated carbocycles. The van der Waals surface area contributed by atoms with Crippen LogP contribution in [-0.2, 0) is 46.4 Å². The predicted octanol–water partition coefficient (Wildman–Crippen LogP) is 1.58. The molecule has 4 rings (SSSR count). The average molecular weight is 451 g/mol. The molecule has 172 valence electrons. The number of hydrogen-bond donors (Lipinski definition) is 1. The zero-order chi connectivity index (χ0) is 22.7. The SMILES string of the molecule is O=C(NCc1nnc2n1CCN(C(=O)Cc1cccc(C(F)(F)F)c1)CC2)C1CCOC1. The molecule has 11 heteroatoms. The number of benzene rings is 1. The summed E-state index contributed by atoms with van der Waals surface area (Å²) in [5, 5.41) is 11.2. The van der Waals surface area contributed by atoms with Gasteiger partial charge in [0.1, 0.15) is 5.82 Å². The molecule has 1 saturated heterocycles. The Labute approximate surface area is 182 Å². The smallest absolute Gasteiger partial charge is 0.381 e. The predicted molar refractivity (Wildman–Crippen MR) is 106 cm³/mol. The molecule has 3 heterocycles. The summed E-state index contributed by atoms with van der Waals surface area (Å²) in [4.78, 5) is 26.6. The number of hydrogen-bond acceptors (Lipinski definition) is 5. The fourth-order valence-electron chi connectivity index (χ4n) is 3.96. The maximum Gasteiger partial charge on any atom is 0.416 e. The summed E-state index contributed by atoms with van der Waals surface area (Å²) in [6.07, 6.45) is -3.37. The first-order valence-corrected chi connectivity index (χ1v) is 10.5. The van der Waals surface area contributed by atoms with Gasteiger partial charge < -0.3 is 19.5 Å². The number of carbonyl (C=O) groups is 2. The first kappa shape index (κ1) is 22.3. The standard InChI is InChI=1S/C21H24F3N5O3/c22-21(23,24)16-3-1-2-14(10-16)11-19(30)28-6-4-17-26-27-18(29(17)8-7-28)12-25-20(31)15-5-9-32-13-15/h1-3,10,15H,4-9,11-13H2,(H,25,31). The number of ether oxygens (including phenoxy) is 1. The van der Waals surface area contributed by atoms with Crippen LogP contribution in [0, 0.1) is 5.92 Å². The Kier molecular flexibility index (Phi) is 6.45. The number of rotatable bonds is 5. The van der Waals surface area contributed by atoms with Crippen LogP contribution >= 0.6 is 0 Å². The number of halogens is 3. The second-order valence-electron chi connectivity index (χ2n) is 7.97. The van der Waals surface area contributed by atoms with Crippen molar-refractivity contribution in [2.24, 2.45) is 5.92 Å². The summed E-state index contributed by atoms with van der Waals surface area (Å²) in [7, 11) is 0. The van der Waals surface area contributed by atoms with E-state index >= 15 is 0 Å². The molecule has 2 aliphatic heterocycles. The van der Waals surface area contributed by atoms with E-state index in [4.69, 9.17) is 4.74 Å².